The summed E-state index contributed by atoms with van der Waals surface area (Å²) >= 11 is 0. The van der Waals surface area contributed by atoms with Gasteiger partial charge in [0, 0.05) is 30.8 Å². The zero-order chi connectivity index (χ0) is 13.7. The highest BCUT2D eigenvalue weighted by Gasteiger charge is 2.20. The van der Waals surface area contributed by atoms with E-state index in [1.807, 2.05) is 18.2 Å². The van der Waals surface area contributed by atoms with Crippen LogP contribution in [-0.2, 0) is 4.74 Å². The molecular formula is C14H22N2O3. The lowest BCUT2D eigenvalue weighted by Crippen LogP contribution is -2.40. The van der Waals surface area contributed by atoms with Crippen LogP contribution in [0.3, 0.4) is 0 Å². The summed E-state index contributed by atoms with van der Waals surface area (Å²) in [5, 5.41) is 3.31. The monoisotopic (exact) mass is 266 g/mol. The van der Waals surface area contributed by atoms with Crippen LogP contribution in [0.5, 0.6) is 11.5 Å². The molecule has 2 unspecified atom stereocenters. The molecule has 19 heavy (non-hydrogen) atoms. The SMILES string of the molecule is COc1ccc(C(N)CC2CNCCO2)c(OC)c1. The minimum atomic E-state index is -0.106. The van der Waals surface area contributed by atoms with Crippen molar-refractivity contribution in [2.24, 2.45) is 5.73 Å². The second-order valence-corrected chi connectivity index (χ2v) is 4.65. The molecule has 1 aliphatic rings. The lowest BCUT2D eigenvalue weighted by Gasteiger charge is -2.26. The van der Waals surface area contributed by atoms with E-state index in [1.54, 1.807) is 14.2 Å². The third-order valence-electron chi connectivity index (χ3n) is 3.36. The van der Waals surface area contributed by atoms with Crippen LogP contribution in [0.4, 0.5) is 0 Å². The standard InChI is InChI=1S/C14H22N2O3/c1-17-10-3-4-12(14(8-10)18-2)13(15)7-11-9-16-5-6-19-11/h3-4,8,11,13,16H,5-7,9,15H2,1-2H3. The number of nitrogens with two attached hydrogens (primary N) is 1. The molecule has 0 aliphatic carbocycles. The molecule has 1 fully saturated rings. The fourth-order valence-corrected chi connectivity index (χ4v) is 2.31. The minimum absolute atomic E-state index is 0.106. The van der Waals surface area contributed by atoms with Crippen molar-refractivity contribution in [3.63, 3.8) is 0 Å². The third-order valence-corrected chi connectivity index (χ3v) is 3.36. The summed E-state index contributed by atoms with van der Waals surface area (Å²) in [6, 6.07) is 5.61. The highest BCUT2D eigenvalue weighted by molar-refractivity contribution is 5.42. The van der Waals surface area contributed by atoms with Gasteiger partial charge in [-0.3, -0.25) is 0 Å². The van der Waals surface area contributed by atoms with E-state index >= 15 is 0 Å². The van der Waals surface area contributed by atoms with Gasteiger partial charge >= 0.3 is 0 Å². The van der Waals surface area contributed by atoms with Crippen LogP contribution in [0, 0.1) is 0 Å². The number of hydrogen-bond donors (Lipinski definition) is 2. The Labute approximate surface area is 114 Å². The number of ether oxygens (including phenoxy) is 3. The molecular weight excluding hydrogens is 244 g/mol. The van der Waals surface area contributed by atoms with Gasteiger partial charge in [0.05, 0.1) is 26.9 Å². The van der Waals surface area contributed by atoms with Crippen molar-refractivity contribution in [3.8, 4) is 11.5 Å². The van der Waals surface area contributed by atoms with Crippen molar-refractivity contribution in [3.05, 3.63) is 23.8 Å². The van der Waals surface area contributed by atoms with E-state index in [1.165, 1.54) is 0 Å². The van der Waals surface area contributed by atoms with Gasteiger partial charge in [-0.05, 0) is 12.5 Å². The molecule has 0 amide bonds. The Kier molecular flexibility index (Phi) is 5.01. The molecule has 1 saturated heterocycles. The molecule has 0 radical (unpaired) electrons. The van der Waals surface area contributed by atoms with Gasteiger partial charge < -0.3 is 25.3 Å². The maximum atomic E-state index is 6.27. The second kappa shape index (κ2) is 6.75. The fourth-order valence-electron chi connectivity index (χ4n) is 2.31. The quantitative estimate of drug-likeness (QED) is 0.835. The molecule has 5 nitrogen and oxygen atoms in total. The maximum Gasteiger partial charge on any atom is 0.127 e. The Morgan fingerprint density at radius 1 is 1.42 bits per heavy atom. The molecule has 1 aliphatic heterocycles. The summed E-state index contributed by atoms with van der Waals surface area (Å²) in [5.74, 6) is 1.53. The number of methoxy groups -OCH3 is 2. The predicted molar refractivity (Wildman–Crippen MR) is 73.7 cm³/mol. The van der Waals surface area contributed by atoms with Gasteiger partial charge in [0.25, 0.3) is 0 Å². The Hall–Kier alpha value is -1.30. The van der Waals surface area contributed by atoms with Gasteiger partial charge in [0.15, 0.2) is 0 Å². The van der Waals surface area contributed by atoms with E-state index in [9.17, 15) is 0 Å². The van der Waals surface area contributed by atoms with Gasteiger partial charge in [-0.2, -0.15) is 0 Å². The molecule has 0 spiro atoms. The van der Waals surface area contributed by atoms with Crippen LogP contribution in [0.1, 0.15) is 18.0 Å². The number of hydrogen-bond acceptors (Lipinski definition) is 5. The van der Waals surface area contributed by atoms with Gasteiger partial charge in [-0.25, -0.2) is 0 Å². The van der Waals surface area contributed by atoms with Crippen LogP contribution in [0.2, 0.25) is 0 Å². The average Bonchev–Trinajstić information content (AvgIpc) is 2.47. The van der Waals surface area contributed by atoms with Gasteiger partial charge in [0.1, 0.15) is 11.5 Å². The maximum absolute atomic E-state index is 6.27. The first-order chi connectivity index (χ1) is 9.24. The van der Waals surface area contributed by atoms with Crippen molar-refractivity contribution in [1.82, 2.24) is 5.32 Å². The number of rotatable bonds is 5. The first kappa shape index (κ1) is 14.1. The first-order valence-corrected chi connectivity index (χ1v) is 6.54. The van der Waals surface area contributed by atoms with E-state index in [2.05, 4.69) is 5.32 Å². The Morgan fingerprint density at radius 2 is 2.26 bits per heavy atom. The van der Waals surface area contributed by atoms with Gasteiger partial charge in [-0.1, -0.05) is 6.07 Å². The largest absolute Gasteiger partial charge is 0.497 e. The molecule has 0 bridgehead atoms. The lowest BCUT2D eigenvalue weighted by molar-refractivity contribution is 0.0194. The topological polar surface area (TPSA) is 65.7 Å². The lowest BCUT2D eigenvalue weighted by atomic mass is 9.99. The molecule has 2 rings (SSSR count). The van der Waals surface area contributed by atoms with Gasteiger partial charge in [-0.15, -0.1) is 0 Å². The third kappa shape index (κ3) is 3.59. The molecule has 0 aromatic heterocycles. The van der Waals surface area contributed by atoms with Crippen molar-refractivity contribution in [2.75, 3.05) is 33.9 Å². The molecule has 3 N–H and O–H groups in total. The van der Waals surface area contributed by atoms with Crippen molar-refractivity contribution >= 4 is 0 Å². The Bertz CT molecular complexity index is 406. The van der Waals surface area contributed by atoms with Crippen molar-refractivity contribution in [2.45, 2.75) is 18.6 Å². The summed E-state index contributed by atoms with van der Waals surface area (Å²) in [7, 11) is 3.28. The van der Waals surface area contributed by atoms with Crippen LogP contribution < -0.4 is 20.5 Å². The van der Waals surface area contributed by atoms with Crippen molar-refractivity contribution in [1.29, 1.82) is 0 Å². The highest BCUT2D eigenvalue weighted by atomic mass is 16.5. The Balaban J connectivity index is 2.06. The fraction of sp³-hybridized carbons (Fsp3) is 0.571. The Morgan fingerprint density at radius 3 is 2.89 bits per heavy atom. The smallest absolute Gasteiger partial charge is 0.127 e. The predicted octanol–water partition coefficient (Wildman–Crippen LogP) is 1.08. The first-order valence-electron chi connectivity index (χ1n) is 6.54. The molecule has 5 heteroatoms. The average molecular weight is 266 g/mol. The molecule has 1 aromatic rings. The van der Waals surface area contributed by atoms with E-state index in [0.29, 0.717) is 0 Å². The number of benzene rings is 1. The zero-order valence-electron chi connectivity index (χ0n) is 11.5. The van der Waals surface area contributed by atoms with Crippen LogP contribution in [-0.4, -0.2) is 40.0 Å². The van der Waals surface area contributed by atoms with Gasteiger partial charge in [0.2, 0.25) is 0 Å². The molecule has 2 atom stereocenters. The van der Waals surface area contributed by atoms with Crippen LogP contribution in [0.15, 0.2) is 18.2 Å². The van der Waals surface area contributed by atoms with Crippen LogP contribution in [0.25, 0.3) is 0 Å². The normalized spacial score (nSPS) is 20.9. The highest BCUT2D eigenvalue weighted by Crippen LogP contribution is 2.30. The summed E-state index contributed by atoms with van der Waals surface area (Å²) < 4.78 is 16.2. The summed E-state index contributed by atoms with van der Waals surface area (Å²) in [6.07, 6.45) is 0.936. The summed E-state index contributed by atoms with van der Waals surface area (Å²) in [6.45, 7) is 2.51. The molecule has 106 valence electrons. The number of nitrogens with one attached hydrogen (secondary N) is 1. The van der Waals surface area contributed by atoms with Crippen molar-refractivity contribution < 1.29 is 14.2 Å². The molecule has 0 saturated carbocycles. The molecule has 1 aromatic carbocycles. The second-order valence-electron chi connectivity index (χ2n) is 4.65. The van der Waals surface area contributed by atoms with E-state index in [4.69, 9.17) is 19.9 Å². The number of morpholine rings is 1. The van der Waals surface area contributed by atoms with Crippen LogP contribution >= 0.6 is 0 Å². The van der Waals surface area contributed by atoms with E-state index in [0.717, 1.165) is 43.2 Å². The molecule has 1 heterocycles. The summed E-state index contributed by atoms with van der Waals surface area (Å²) in [5.41, 5.74) is 7.25. The summed E-state index contributed by atoms with van der Waals surface area (Å²) in [4.78, 5) is 0. The van der Waals surface area contributed by atoms with E-state index < -0.39 is 0 Å². The minimum Gasteiger partial charge on any atom is -0.497 e. The zero-order valence-corrected chi connectivity index (χ0v) is 11.5. The van der Waals surface area contributed by atoms with E-state index in [-0.39, 0.29) is 12.1 Å².